The van der Waals surface area contributed by atoms with Crippen molar-refractivity contribution in [3.63, 3.8) is 0 Å². The van der Waals surface area contributed by atoms with Crippen LogP contribution >= 0.6 is 0 Å². The van der Waals surface area contributed by atoms with Gasteiger partial charge in [-0.15, -0.1) is 0 Å². The van der Waals surface area contributed by atoms with Crippen LogP contribution in [0.25, 0.3) is 0 Å². The quantitative estimate of drug-likeness (QED) is 0.903. The lowest BCUT2D eigenvalue weighted by Crippen LogP contribution is -2.36. The third-order valence-corrected chi connectivity index (χ3v) is 3.56. The Kier molecular flexibility index (Phi) is 5.59. The minimum atomic E-state index is -0.575. The Hall–Kier alpha value is -2.06. The lowest BCUT2D eigenvalue weighted by Gasteiger charge is -2.28. The molecular weight excluding hydrogens is 266 g/mol. The van der Waals surface area contributed by atoms with E-state index in [1.54, 1.807) is 0 Å². The normalized spacial score (nSPS) is 16.1. The zero-order valence-electron chi connectivity index (χ0n) is 12.3. The average molecular weight is 287 g/mol. The predicted molar refractivity (Wildman–Crippen MR) is 82.1 cm³/mol. The van der Waals surface area contributed by atoms with Crippen LogP contribution in [0.15, 0.2) is 24.3 Å². The molecule has 1 unspecified atom stereocenters. The topological polar surface area (TPSA) is 65.4 Å². The molecule has 1 amide bonds. The van der Waals surface area contributed by atoms with Gasteiger partial charge in [-0.2, -0.15) is 5.26 Å². The number of ether oxygens (including phenoxy) is 1. The number of nitrogens with one attached hydrogen (secondary N) is 1. The fourth-order valence-corrected chi connectivity index (χ4v) is 2.35. The van der Waals surface area contributed by atoms with Crippen molar-refractivity contribution in [3.05, 3.63) is 24.3 Å². The van der Waals surface area contributed by atoms with Crippen molar-refractivity contribution in [3.8, 4) is 6.07 Å². The maximum atomic E-state index is 12.0. The fourth-order valence-electron chi connectivity index (χ4n) is 2.35. The van der Waals surface area contributed by atoms with E-state index in [1.165, 1.54) is 0 Å². The number of morpholine rings is 1. The van der Waals surface area contributed by atoms with E-state index in [0.29, 0.717) is 6.42 Å². The van der Waals surface area contributed by atoms with Crippen molar-refractivity contribution in [2.75, 3.05) is 36.5 Å². The standard InChI is InChI=1S/C16H21N3O2/c1-2-3-13(12-17)16(20)18-14-4-6-15(7-5-14)19-8-10-21-11-9-19/h4-7,13H,2-3,8-11H2,1H3,(H,18,20). The molecule has 1 fully saturated rings. The highest BCUT2D eigenvalue weighted by atomic mass is 16.5. The van der Waals surface area contributed by atoms with Crippen LogP contribution in [0.5, 0.6) is 0 Å². The summed E-state index contributed by atoms with van der Waals surface area (Å²) in [6.07, 6.45) is 1.41. The summed E-state index contributed by atoms with van der Waals surface area (Å²) in [5, 5.41) is 11.8. The maximum Gasteiger partial charge on any atom is 0.241 e. The van der Waals surface area contributed by atoms with E-state index in [4.69, 9.17) is 10.00 Å². The highest BCUT2D eigenvalue weighted by Gasteiger charge is 2.17. The number of nitriles is 1. The molecule has 1 aromatic carbocycles. The van der Waals surface area contributed by atoms with Gasteiger partial charge in [0, 0.05) is 24.5 Å². The Morgan fingerprint density at radius 1 is 1.38 bits per heavy atom. The van der Waals surface area contributed by atoms with Crippen LogP contribution in [0.3, 0.4) is 0 Å². The average Bonchev–Trinajstić information content (AvgIpc) is 2.54. The molecule has 0 aromatic heterocycles. The van der Waals surface area contributed by atoms with Crippen LogP contribution in [-0.2, 0) is 9.53 Å². The van der Waals surface area contributed by atoms with Crippen molar-refractivity contribution in [2.24, 2.45) is 5.92 Å². The second kappa shape index (κ2) is 7.65. The first kappa shape index (κ1) is 15.3. The van der Waals surface area contributed by atoms with Crippen LogP contribution in [0.1, 0.15) is 19.8 Å². The molecule has 1 heterocycles. The molecule has 1 aliphatic heterocycles. The lowest BCUT2D eigenvalue weighted by molar-refractivity contribution is -0.118. The van der Waals surface area contributed by atoms with Crippen LogP contribution in [0, 0.1) is 17.2 Å². The first-order chi connectivity index (χ1) is 10.2. The SMILES string of the molecule is CCCC(C#N)C(=O)Nc1ccc(N2CCOCC2)cc1. The van der Waals surface area contributed by atoms with Crippen molar-refractivity contribution < 1.29 is 9.53 Å². The summed E-state index contributed by atoms with van der Waals surface area (Å²) in [7, 11) is 0. The fraction of sp³-hybridized carbons (Fsp3) is 0.500. The number of amides is 1. The summed E-state index contributed by atoms with van der Waals surface area (Å²) in [4.78, 5) is 14.2. The van der Waals surface area contributed by atoms with Gasteiger partial charge in [-0.25, -0.2) is 0 Å². The van der Waals surface area contributed by atoms with E-state index in [-0.39, 0.29) is 5.91 Å². The molecule has 21 heavy (non-hydrogen) atoms. The molecule has 1 aliphatic rings. The molecule has 0 bridgehead atoms. The van der Waals surface area contributed by atoms with E-state index in [2.05, 4.69) is 16.3 Å². The first-order valence-corrected chi connectivity index (χ1v) is 7.38. The molecule has 1 N–H and O–H groups in total. The highest BCUT2D eigenvalue weighted by Crippen LogP contribution is 2.19. The van der Waals surface area contributed by atoms with Crippen LogP contribution in [0.2, 0.25) is 0 Å². The molecule has 0 radical (unpaired) electrons. The summed E-state index contributed by atoms with van der Waals surface area (Å²) in [6.45, 7) is 5.24. The molecule has 5 heteroatoms. The number of nitrogens with zero attached hydrogens (tertiary/aromatic N) is 2. The largest absolute Gasteiger partial charge is 0.378 e. The number of carbonyl (C=O) groups excluding carboxylic acids is 1. The minimum absolute atomic E-state index is 0.224. The molecule has 112 valence electrons. The minimum Gasteiger partial charge on any atom is -0.378 e. The Morgan fingerprint density at radius 2 is 2.05 bits per heavy atom. The summed E-state index contributed by atoms with van der Waals surface area (Å²) in [6, 6.07) is 9.78. The molecule has 1 saturated heterocycles. The third-order valence-electron chi connectivity index (χ3n) is 3.56. The molecule has 1 atom stereocenters. The molecule has 0 saturated carbocycles. The van der Waals surface area contributed by atoms with E-state index >= 15 is 0 Å². The van der Waals surface area contributed by atoms with Gasteiger partial charge in [0.25, 0.3) is 0 Å². The van der Waals surface area contributed by atoms with Crippen LogP contribution < -0.4 is 10.2 Å². The van der Waals surface area contributed by atoms with Crippen molar-refractivity contribution in [1.29, 1.82) is 5.26 Å². The van der Waals surface area contributed by atoms with E-state index in [0.717, 1.165) is 44.1 Å². The number of hydrogen-bond donors (Lipinski definition) is 1. The van der Waals surface area contributed by atoms with Crippen molar-refractivity contribution in [1.82, 2.24) is 0 Å². The molecule has 0 spiro atoms. The summed E-state index contributed by atoms with van der Waals surface area (Å²) < 4.78 is 5.33. The Morgan fingerprint density at radius 3 is 2.62 bits per heavy atom. The predicted octanol–water partition coefficient (Wildman–Crippen LogP) is 2.40. The molecule has 2 rings (SSSR count). The molecule has 5 nitrogen and oxygen atoms in total. The second-order valence-electron chi connectivity index (χ2n) is 5.11. The first-order valence-electron chi connectivity index (χ1n) is 7.38. The summed E-state index contributed by atoms with van der Waals surface area (Å²) in [5.41, 5.74) is 1.86. The van der Waals surface area contributed by atoms with Crippen LogP contribution in [0.4, 0.5) is 11.4 Å². The molecule has 0 aliphatic carbocycles. The van der Waals surface area contributed by atoms with Gasteiger partial charge in [0.15, 0.2) is 0 Å². The molecule has 1 aromatic rings. The van der Waals surface area contributed by atoms with E-state index in [1.807, 2.05) is 31.2 Å². The number of benzene rings is 1. The summed E-state index contributed by atoms with van der Waals surface area (Å²) in [5.74, 6) is -0.799. The van der Waals surface area contributed by atoms with Gasteiger partial charge in [-0.1, -0.05) is 13.3 Å². The van der Waals surface area contributed by atoms with Gasteiger partial charge in [0.2, 0.25) is 5.91 Å². The van der Waals surface area contributed by atoms with Gasteiger partial charge in [0.05, 0.1) is 19.3 Å². The Labute approximate surface area is 125 Å². The van der Waals surface area contributed by atoms with Gasteiger partial charge in [-0.05, 0) is 30.7 Å². The monoisotopic (exact) mass is 287 g/mol. The zero-order valence-corrected chi connectivity index (χ0v) is 12.3. The lowest BCUT2D eigenvalue weighted by atomic mass is 10.0. The number of anilines is 2. The zero-order chi connectivity index (χ0) is 15.1. The smallest absolute Gasteiger partial charge is 0.241 e. The van der Waals surface area contributed by atoms with Crippen molar-refractivity contribution in [2.45, 2.75) is 19.8 Å². The van der Waals surface area contributed by atoms with Gasteiger partial charge in [0.1, 0.15) is 5.92 Å². The number of carbonyl (C=O) groups is 1. The highest BCUT2D eigenvalue weighted by molar-refractivity contribution is 5.94. The third kappa shape index (κ3) is 4.20. The van der Waals surface area contributed by atoms with Crippen LogP contribution in [-0.4, -0.2) is 32.2 Å². The van der Waals surface area contributed by atoms with Gasteiger partial charge in [-0.3, -0.25) is 4.79 Å². The maximum absolute atomic E-state index is 12.0. The van der Waals surface area contributed by atoms with E-state index in [9.17, 15) is 4.79 Å². The van der Waals surface area contributed by atoms with Gasteiger partial charge < -0.3 is 15.0 Å². The van der Waals surface area contributed by atoms with Crippen molar-refractivity contribution >= 4 is 17.3 Å². The van der Waals surface area contributed by atoms with E-state index < -0.39 is 5.92 Å². The second-order valence-corrected chi connectivity index (χ2v) is 5.11. The molecular formula is C16H21N3O2. The number of hydrogen-bond acceptors (Lipinski definition) is 4. The van der Waals surface area contributed by atoms with Gasteiger partial charge >= 0.3 is 0 Å². The number of rotatable bonds is 5. The Bertz CT molecular complexity index is 501. The Balaban J connectivity index is 1.95. The summed E-state index contributed by atoms with van der Waals surface area (Å²) >= 11 is 0.